The molecule has 2 aliphatic rings. The van der Waals surface area contributed by atoms with Crippen molar-refractivity contribution in [1.29, 1.82) is 0 Å². The number of carbonyl (C=O) groups is 1. The molecular weight excluding hydrogens is 336 g/mol. The lowest BCUT2D eigenvalue weighted by atomic mass is 9.89. The zero-order chi connectivity index (χ0) is 17.0. The summed E-state index contributed by atoms with van der Waals surface area (Å²) >= 11 is 0. The van der Waals surface area contributed by atoms with Gasteiger partial charge in [-0.25, -0.2) is 12.8 Å². The molecule has 0 aliphatic carbocycles. The van der Waals surface area contributed by atoms with E-state index in [1.54, 1.807) is 0 Å². The summed E-state index contributed by atoms with van der Waals surface area (Å²) in [5, 5.41) is -1.27. The minimum Gasteiger partial charge on any atom is -0.294 e. The normalized spacial score (nSPS) is 29.5. The zero-order valence-electron chi connectivity index (χ0n) is 11.9. The van der Waals surface area contributed by atoms with E-state index in [-0.39, 0.29) is 12.8 Å². The smallest absolute Gasteiger partial charge is 0.294 e. The highest BCUT2D eigenvalue weighted by atomic mass is 32.2. The Hall–Kier alpha value is -1.44. The second kappa shape index (κ2) is 5.29. The molecule has 126 valence electrons. The summed E-state index contributed by atoms with van der Waals surface area (Å²) in [4.78, 5) is 12.4. The molecule has 2 bridgehead atoms. The third kappa shape index (κ3) is 2.77. The highest BCUT2D eigenvalue weighted by Gasteiger charge is 2.48. The molecule has 2 unspecified atom stereocenters. The number of rotatable bonds is 2. The molecule has 2 aliphatic heterocycles. The molecule has 2 atom stereocenters. The van der Waals surface area contributed by atoms with Gasteiger partial charge in [-0.05, 0) is 43.9 Å². The van der Waals surface area contributed by atoms with Gasteiger partial charge in [0.15, 0.2) is 15.6 Å². The molecule has 2 heterocycles. The van der Waals surface area contributed by atoms with Crippen molar-refractivity contribution < 1.29 is 30.8 Å². The lowest BCUT2D eigenvalue weighted by Crippen LogP contribution is -2.36. The minimum atomic E-state index is -4.67. The molecular formula is C15H14F4O3S. The van der Waals surface area contributed by atoms with Crippen LogP contribution in [0.5, 0.6) is 0 Å². The van der Waals surface area contributed by atoms with Crippen LogP contribution in [0.1, 0.15) is 41.6 Å². The summed E-state index contributed by atoms with van der Waals surface area (Å²) in [5.74, 6) is -2.49. The Morgan fingerprint density at radius 1 is 1.09 bits per heavy atom. The van der Waals surface area contributed by atoms with E-state index >= 15 is 0 Å². The van der Waals surface area contributed by atoms with E-state index in [9.17, 15) is 30.8 Å². The third-order valence-electron chi connectivity index (χ3n) is 4.76. The summed E-state index contributed by atoms with van der Waals surface area (Å²) in [6.45, 7) is 0. The second-order valence-electron chi connectivity index (χ2n) is 6.14. The maximum atomic E-state index is 13.8. The van der Waals surface area contributed by atoms with Crippen LogP contribution in [0, 0.1) is 11.7 Å². The van der Waals surface area contributed by atoms with Crippen LogP contribution in [0.4, 0.5) is 17.6 Å². The summed E-state index contributed by atoms with van der Waals surface area (Å²) < 4.78 is 76.0. The predicted molar refractivity (Wildman–Crippen MR) is 74.2 cm³/mol. The van der Waals surface area contributed by atoms with E-state index in [1.807, 2.05) is 0 Å². The van der Waals surface area contributed by atoms with Crippen LogP contribution in [-0.2, 0) is 16.0 Å². The number of ketones is 1. The van der Waals surface area contributed by atoms with Crippen molar-refractivity contribution in [2.24, 2.45) is 5.92 Å². The van der Waals surface area contributed by atoms with Crippen LogP contribution in [-0.4, -0.2) is 24.7 Å². The quantitative estimate of drug-likeness (QED) is 0.607. The van der Waals surface area contributed by atoms with Crippen LogP contribution in [0.2, 0.25) is 0 Å². The molecule has 2 fully saturated rings. The van der Waals surface area contributed by atoms with Crippen molar-refractivity contribution >= 4 is 15.6 Å². The largest absolute Gasteiger partial charge is 0.416 e. The van der Waals surface area contributed by atoms with Gasteiger partial charge >= 0.3 is 6.18 Å². The number of halogens is 4. The summed E-state index contributed by atoms with van der Waals surface area (Å²) in [5.41, 5.74) is -1.70. The molecule has 0 radical (unpaired) electrons. The number of alkyl halides is 3. The fourth-order valence-electron chi connectivity index (χ4n) is 3.53. The van der Waals surface area contributed by atoms with E-state index < -0.39 is 55.2 Å². The number of hydrogen-bond donors (Lipinski definition) is 0. The summed E-state index contributed by atoms with van der Waals surface area (Å²) in [7, 11) is -3.25. The molecule has 23 heavy (non-hydrogen) atoms. The van der Waals surface area contributed by atoms with E-state index in [1.165, 1.54) is 0 Å². The first-order chi connectivity index (χ1) is 10.6. The van der Waals surface area contributed by atoms with Gasteiger partial charge in [0.1, 0.15) is 5.82 Å². The molecule has 0 aromatic heterocycles. The first-order valence-electron chi connectivity index (χ1n) is 7.24. The Labute approximate surface area is 130 Å². The van der Waals surface area contributed by atoms with Crippen molar-refractivity contribution in [2.45, 2.75) is 42.4 Å². The van der Waals surface area contributed by atoms with Crippen molar-refractivity contribution in [2.75, 3.05) is 0 Å². The molecule has 8 heteroatoms. The Kier molecular flexibility index (Phi) is 3.78. The van der Waals surface area contributed by atoms with Gasteiger partial charge in [-0.2, -0.15) is 13.2 Å². The topological polar surface area (TPSA) is 51.2 Å². The van der Waals surface area contributed by atoms with Gasteiger partial charge in [0.05, 0.1) is 21.6 Å². The summed E-state index contributed by atoms with van der Waals surface area (Å²) in [6, 6.07) is 1.73. The molecule has 0 amide bonds. The number of hydrogen-bond acceptors (Lipinski definition) is 3. The van der Waals surface area contributed by atoms with Crippen LogP contribution in [0.15, 0.2) is 18.2 Å². The van der Waals surface area contributed by atoms with Crippen molar-refractivity contribution in [3.63, 3.8) is 0 Å². The van der Waals surface area contributed by atoms with Gasteiger partial charge in [-0.15, -0.1) is 0 Å². The average molecular weight is 350 g/mol. The lowest BCUT2D eigenvalue weighted by Gasteiger charge is -2.27. The van der Waals surface area contributed by atoms with Crippen LogP contribution < -0.4 is 0 Å². The van der Waals surface area contributed by atoms with Gasteiger partial charge < -0.3 is 0 Å². The van der Waals surface area contributed by atoms with E-state index in [4.69, 9.17) is 0 Å². The Morgan fingerprint density at radius 2 is 1.65 bits per heavy atom. The number of Topliss-reactive ketones (excluding diaryl/α,β-unsaturated/α-hetero) is 1. The van der Waals surface area contributed by atoms with Crippen LogP contribution in [0.3, 0.4) is 0 Å². The van der Waals surface area contributed by atoms with Crippen LogP contribution >= 0.6 is 0 Å². The van der Waals surface area contributed by atoms with Crippen LogP contribution in [0.25, 0.3) is 0 Å². The Balaban J connectivity index is 1.90. The fourth-order valence-corrected chi connectivity index (χ4v) is 6.01. The standard InChI is InChI=1S/C15H14F4O3S/c16-13-4-1-9(15(17,18)19)7-12(13)14(20)8-5-10-2-3-11(6-8)23(10,21)22/h1,4,7-8,10-11H,2-3,5-6H2. The van der Waals surface area contributed by atoms with Crippen molar-refractivity contribution in [3.05, 3.63) is 35.1 Å². The number of fused-ring (bicyclic) bond motifs is 2. The Bertz CT molecular complexity index is 734. The molecule has 0 N–H and O–H groups in total. The Morgan fingerprint density at radius 3 is 2.17 bits per heavy atom. The highest BCUT2D eigenvalue weighted by molar-refractivity contribution is 7.93. The maximum absolute atomic E-state index is 13.8. The van der Waals surface area contributed by atoms with Gasteiger partial charge in [0.25, 0.3) is 0 Å². The maximum Gasteiger partial charge on any atom is 0.416 e. The molecule has 3 rings (SSSR count). The van der Waals surface area contributed by atoms with Gasteiger partial charge in [0, 0.05) is 5.92 Å². The van der Waals surface area contributed by atoms with Gasteiger partial charge in [-0.3, -0.25) is 4.79 Å². The zero-order valence-corrected chi connectivity index (χ0v) is 12.8. The fraction of sp³-hybridized carbons (Fsp3) is 0.533. The lowest BCUT2D eigenvalue weighted by molar-refractivity contribution is -0.137. The number of carbonyl (C=O) groups excluding carboxylic acids is 1. The SMILES string of the molecule is O=C(c1cc(C(F)(F)F)ccc1F)C1CC2CCC(C1)S2(=O)=O. The molecule has 3 nitrogen and oxygen atoms in total. The second-order valence-corrected chi connectivity index (χ2v) is 8.65. The first-order valence-corrected chi connectivity index (χ1v) is 8.85. The molecule has 1 aromatic carbocycles. The minimum absolute atomic E-state index is 0.0628. The highest BCUT2D eigenvalue weighted by Crippen LogP contribution is 2.42. The van der Waals surface area contributed by atoms with Crippen molar-refractivity contribution in [1.82, 2.24) is 0 Å². The van der Waals surface area contributed by atoms with Crippen molar-refractivity contribution in [3.8, 4) is 0 Å². The van der Waals surface area contributed by atoms with Gasteiger partial charge in [0.2, 0.25) is 0 Å². The molecule has 0 saturated carbocycles. The van der Waals surface area contributed by atoms with E-state index in [0.717, 1.165) is 0 Å². The number of sulfone groups is 1. The first kappa shape index (κ1) is 16.4. The van der Waals surface area contributed by atoms with E-state index in [0.29, 0.717) is 31.0 Å². The third-order valence-corrected chi connectivity index (χ3v) is 7.48. The van der Waals surface area contributed by atoms with E-state index in [2.05, 4.69) is 0 Å². The number of benzene rings is 1. The molecule has 1 aromatic rings. The molecule has 2 saturated heterocycles. The van der Waals surface area contributed by atoms with Gasteiger partial charge in [-0.1, -0.05) is 0 Å². The monoisotopic (exact) mass is 350 g/mol. The predicted octanol–water partition coefficient (Wildman–Crippen LogP) is 3.38. The summed E-state index contributed by atoms with van der Waals surface area (Å²) in [6.07, 6.45) is -3.62. The molecule has 0 spiro atoms. The average Bonchev–Trinajstić information content (AvgIpc) is 2.66.